The van der Waals surface area contributed by atoms with E-state index in [9.17, 15) is 14.5 Å². The summed E-state index contributed by atoms with van der Waals surface area (Å²) < 4.78 is 13.7. The molecule has 0 amide bonds. The van der Waals surface area contributed by atoms with Crippen LogP contribution in [0, 0.1) is 15.9 Å². The fourth-order valence-corrected chi connectivity index (χ4v) is 1.65. The van der Waals surface area contributed by atoms with Gasteiger partial charge in [-0.15, -0.1) is 0 Å². The van der Waals surface area contributed by atoms with Crippen molar-refractivity contribution in [2.24, 2.45) is 0 Å². The van der Waals surface area contributed by atoms with E-state index in [0.29, 0.717) is 5.56 Å². The third-order valence-corrected chi connectivity index (χ3v) is 2.46. The molecule has 82 valence electrons. The average molecular weight is 211 g/mol. The van der Waals surface area contributed by atoms with Crippen molar-refractivity contribution in [3.63, 3.8) is 0 Å². The molecule has 0 N–H and O–H groups in total. The highest BCUT2D eigenvalue weighted by atomic mass is 19.1. The molecule has 0 aliphatic carbocycles. The molecular weight excluding hydrogens is 197 g/mol. The van der Waals surface area contributed by atoms with Crippen molar-refractivity contribution in [2.45, 2.75) is 32.6 Å². The van der Waals surface area contributed by atoms with Gasteiger partial charge in [-0.2, -0.15) is 4.39 Å². The van der Waals surface area contributed by atoms with Crippen molar-refractivity contribution in [2.75, 3.05) is 0 Å². The largest absolute Gasteiger partial charge is 0.305 e. The molecule has 0 fully saturated rings. The van der Waals surface area contributed by atoms with Crippen LogP contribution in [0.4, 0.5) is 10.1 Å². The third kappa shape index (κ3) is 2.52. The number of halogens is 1. The smallest absolute Gasteiger partial charge is 0.258 e. The van der Waals surface area contributed by atoms with Crippen LogP contribution in [0.15, 0.2) is 18.2 Å². The molecule has 0 heterocycles. The molecule has 15 heavy (non-hydrogen) atoms. The molecule has 3 nitrogen and oxygen atoms in total. The molecule has 4 heteroatoms. The summed E-state index contributed by atoms with van der Waals surface area (Å²) in [5.74, 6) is -0.668. The second kappa shape index (κ2) is 4.87. The van der Waals surface area contributed by atoms with Crippen molar-refractivity contribution >= 4 is 5.69 Å². The van der Waals surface area contributed by atoms with Crippen LogP contribution in [-0.4, -0.2) is 4.92 Å². The Hall–Kier alpha value is -1.45. The summed E-state index contributed by atoms with van der Waals surface area (Å²) in [5, 5.41) is 10.5. The van der Waals surface area contributed by atoms with Crippen LogP contribution in [0.2, 0.25) is 0 Å². The summed E-state index contributed by atoms with van der Waals surface area (Å²) in [4.78, 5) is 9.84. The van der Waals surface area contributed by atoms with Crippen molar-refractivity contribution in [3.05, 3.63) is 39.7 Å². The van der Waals surface area contributed by atoms with E-state index < -0.39 is 16.4 Å². The Morgan fingerprint density at radius 2 is 2.20 bits per heavy atom. The van der Waals surface area contributed by atoms with Crippen molar-refractivity contribution < 1.29 is 9.31 Å². The first-order valence-electron chi connectivity index (χ1n) is 5.00. The van der Waals surface area contributed by atoms with Crippen molar-refractivity contribution in [3.8, 4) is 0 Å². The SMILES string of the molecule is CCCC(C)c1cccc([N+](=O)[O-])c1F. The van der Waals surface area contributed by atoms with Gasteiger partial charge in [-0.05, 0) is 17.9 Å². The lowest BCUT2D eigenvalue weighted by atomic mass is 9.95. The second-order valence-corrected chi connectivity index (χ2v) is 3.63. The number of hydrogen-bond donors (Lipinski definition) is 0. The molecular formula is C11H14FNO2. The van der Waals surface area contributed by atoms with Gasteiger partial charge in [0.15, 0.2) is 0 Å². The lowest BCUT2D eigenvalue weighted by Gasteiger charge is -2.10. The minimum Gasteiger partial charge on any atom is -0.258 e. The molecule has 0 saturated carbocycles. The van der Waals surface area contributed by atoms with Gasteiger partial charge in [-0.3, -0.25) is 10.1 Å². The lowest BCUT2D eigenvalue weighted by molar-refractivity contribution is -0.387. The number of nitro groups is 1. The Morgan fingerprint density at radius 1 is 1.53 bits per heavy atom. The molecule has 1 rings (SSSR count). The fourth-order valence-electron chi connectivity index (χ4n) is 1.65. The van der Waals surface area contributed by atoms with Crippen LogP contribution in [0.3, 0.4) is 0 Å². The van der Waals surface area contributed by atoms with E-state index in [-0.39, 0.29) is 5.92 Å². The molecule has 1 atom stereocenters. The van der Waals surface area contributed by atoms with E-state index in [1.54, 1.807) is 6.07 Å². The van der Waals surface area contributed by atoms with Crippen LogP contribution < -0.4 is 0 Å². The topological polar surface area (TPSA) is 43.1 Å². The Morgan fingerprint density at radius 3 is 2.73 bits per heavy atom. The van der Waals surface area contributed by atoms with E-state index >= 15 is 0 Å². The Kier molecular flexibility index (Phi) is 3.77. The number of nitrogens with zero attached hydrogens (tertiary/aromatic N) is 1. The molecule has 1 unspecified atom stereocenters. The first kappa shape index (κ1) is 11.6. The quantitative estimate of drug-likeness (QED) is 0.563. The first-order valence-corrected chi connectivity index (χ1v) is 5.00. The number of rotatable bonds is 4. The second-order valence-electron chi connectivity index (χ2n) is 3.63. The molecule has 1 aromatic carbocycles. The molecule has 0 aliphatic rings. The van der Waals surface area contributed by atoms with E-state index in [2.05, 4.69) is 0 Å². The van der Waals surface area contributed by atoms with Crippen LogP contribution >= 0.6 is 0 Å². The monoisotopic (exact) mass is 211 g/mol. The maximum atomic E-state index is 13.7. The summed E-state index contributed by atoms with van der Waals surface area (Å²) in [6.07, 6.45) is 1.77. The highest BCUT2D eigenvalue weighted by Gasteiger charge is 2.19. The maximum absolute atomic E-state index is 13.7. The predicted octanol–water partition coefficient (Wildman–Crippen LogP) is 3.64. The van der Waals surface area contributed by atoms with Gasteiger partial charge in [0.2, 0.25) is 5.82 Å². The van der Waals surface area contributed by atoms with Gasteiger partial charge >= 0.3 is 5.69 Å². The molecule has 0 aliphatic heterocycles. The lowest BCUT2D eigenvalue weighted by Crippen LogP contribution is -2.01. The van der Waals surface area contributed by atoms with Gasteiger partial charge < -0.3 is 0 Å². The Balaban J connectivity index is 3.09. The zero-order valence-electron chi connectivity index (χ0n) is 8.87. The van der Waals surface area contributed by atoms with Gasteiger partial charge in [-0.25, -0.2) is 0 Å². The summed E-state index contributed by atoms with van der Waals surface area (Å²) in [5.41, 5.74) is 0.00139. The molecule has 0 aromatic heterocycles. The third-order valence-electron chi connectivity index (χ3n) is 2.46. The van der Waals surface area contributed by atoms with Gasteiger partial charge in [0.1, 0.15) is 0 Å². The van der Waals surface area contributed by atoms with Crippen LogP contribution in [0.25, 0.3) is 0 Å². The molecule has 0 saturated heterocycles. The summed E-state index contributed by atoms with van der Waals surface area (Å²) >= 11 is 0. The fraction of sp³-hybridized carbons (Fsp3) is 0.455. The number of benzene rings is 1. The van der Waals surface area contributed by atoms with Gasteiger partial charge in [0.25, 0.3) is 0 Å². The minimum atomic E-state index is -0.691. The number of hydrogen-bond acceptors (Lipinski definition) is 2. The summed E-state index contributed by atoms with van der Waals surface area (Å²) in [6, 6.07) is 4.34. The van der Waals surface area contributed by atoms with Crippen molar-refractivity contribution in [1.29, 1.82) is 0 Å². The Bertz CT molecular complexity index is 366. The van der Waals surface area contributed by atoms with Gasteiger partial charge in [0.05, 0.1) is 4.92 Å². The summed E-state index contributed by atoms with van der Waals surface area (Å²) in [7, 11) is 0. The highest BCUT2D eigenvalue weighted by molar-refractivity contribution is 5.38. The van der Waals surface area contributed by atoms with E-state index in [1.165, 1.54) is 12.1 Å². The van der Waals surface area contributed by atoms with Crippen LogP contribution in [-0.2, 0) is 0 Å². The zero-order chi connectivity index (χ0) is 11.4. The minimum absolute atomic E-state index is 0.0231. The molecule has 1 aromatic rings. The maximum Gasteiger partial charge on any atom is 0.305 e. The molecule has 0 spiro atoms. The van der Waals surface area contributed by atoms with E-state index in [1.807, 2.05) is 13.8 Å². The molecule has 0 radical (unpaired) electrons. The normalized spacial score (nSPS) is 12.5. The Labute approximate surface area is 88.1 Å². The van der Waals surface area contributed by atoms with Crippen LogP contribution in [0.5, 0.6) is 0 Å². The van der Waals surface area contributed by atoms with Crippen LogP contribution in [0.1, 0.15) is 38.2 Å². The van der Waals surface area contributed by atoms with Crippen molar-refractivity contribution in [1.82, 2.24) is 0 Å². The molecule has 0 bridgehead atoms. The predicted molar refractivity (Wildman–Crippen MR) is 56.4 cm³/mol. The highest BCUT2D eigenvalue weighted by Crippen LogP contribution is 2.28. The average Bonchev–Trinajstić information content (AvgIpc) is 2.17. The zero-order valence-corrected chi connectivity index (χ0v) is 8.87. The first-order chi connectivity index (χ1) is 7.07. The summed E-state index contributed by atoms with van der Waals surface area (Å²) in [6.45, 7) is 3.89. The number of nitro benzene ring substituents is 1. The standard InChI is InChI=1S/C11H14FNO2/c1-3-5-8(2)9-6-4-7-10(11(9)12)13(14)15/h4,6-8H,3,5H2,1-2H3. The van der Waals surface area contributed by atoms with Gasteiger partial charge in [0, 0.05) is 6.07 Å². The van der Waals surface area contributed by atoms with E-state index in [0.717, 1.165) is 12.8 Å². The van der Waals surface area contributed by atoms with E-state index in [4.69, 9.17) is 0 Å². The van der Waals surface area contributed by atoms with Gasteiger partial charge in [-0.1, -0.05) is 32.4 Å².